The zero-order chi connectivity index (χ0) is 17.1. The minimum atomic E-state index is -0.475. The van der Waals surface area contributed by atoms with Gasteiger partial charge in [0.1, 0.15) is 0 Å². The van der Waals surface area contributed by atoms with Crippen molar-refractivity contribution in [3.8, 4) is 5.88 Å². The highest BCUT2D eigenvalue weighted by molar-refractivity contribution is 7.99. The van der Waals surface area contributed by atoms with E-state index in [1.165, 1.54) is 0 Å². The first kappa shape index (κ1) is 16.3. The van der Waals surface area contributed by atoms with Crippen LogP contribution in [0.15, 0.2) is 40.3 Å². The Balaban J connectivity index is 1.64. The minimum Gasteiger partial charge on any atom is -0.493 e. The molecule has 124 valence electrons. The molecule has 1 aliphatic heterocycles. The molecule has 24 heavy (non-hydrogen) atoms. The van der Waals surface area contributed by atoms with Gasteiger partial charge < -0.3 is 15.0 Å². The number of benzene rings is 1. The second-order valence-electron chi connectivity index (χ2n) is 5.32. The van der Waals surface area contributed by atoms with Gasteiger partial charge in [-0.1, -0.05) is 11.8 Å². The first-order valence-electron chi connectivity index (χ1n) is 7.40. The zero-order valence-electron chi connectivity index (χ0n) is 12.7. The van der Waals surface area contributed by atoms with Crippen molar-refractivity contribution in [3.05, 3.63) is 46.2 Å². The zero-order valence-corrected chi connectivity index (χ0v) is 13.5. The second-order valence-corrected chi connectivity index (χ2v) is 6.28. The van der Waals surface area contributed by atoms with E-state index in [-0.39, 0.29) is 28.5 Å². The van der Waals surface area contributed by atoms with E-state index in [9.17, 15) is 19.5 Å². The molecule has 0 spiro atoms. The van der Waals surface area contributed by atoms with Crippen LogP contribution < -0.4 is 10.5 Å². The van der Waals surface area contributed by atoms with E-state index in [1.54, 1.807) is 29.2 Å². The summed E-state index contributed by atoms with van der Waals surface area (Å²) in [6, 6.07) is 7.85. The standard InChI is InChI=1S/C16H15N3O4S/c20-12(9-24-16-17-13(21)8-14(22)18-16)10-3-5-11(6-4-10)19-7-1-2-15(19)23/h3-6,8H,1-2,7,9H2,(H2,17,18,21,22). The molecule has 0 bridgehead atoms. The monoisotopic (exact) mass is 345 g/mol. The summed E-state index contributed by atoms with van der Waals surface area (Å²) in [4.78, 5) is 43.0. The quantitative estimate of drug-likeness (QED) is 0.484. The van der Waals surface area contributed by atoms with Gasteiger partial charge >= 0.3 is 0 Å². The maximum absolute atomic E-state index is 12.2. The van der Waals surface area contributed by atoms with E-state index in [0.29, 0.717) is 18.5 Å². The molecule has 0 aliphatic carbocycles. The van der Waals surface area contributed by atoms with Gasteiger partial charge in [-0.25, -0.2) is 0 Å². The van der Waals surface area contributed by atoms with E-state index < -0.39 is 5.56 Å². The molecule has 2 heterocycles. The van der Waals surface area contributed by atoms with Crippen LogP contribution in [0.4, 0.5) is 5.69 Å². The molecule has 1 fully saturated rings. The van der Waals surface area contributed by atoms with Crippen LogP contribution in [-0.4, -0.2) is 39.1 Å². The van der Waals surface area contributed by atoms with Crippen molar-refractivity contribution in [2.45, 2.75) is 18.0 Å². The molecule has 1 aromatic heterocycles. The summed E-state index contributed by atoms with van der Waals surface area (Å²) >= 11 is 1.04. The lowest BCUT2D eigenvalue weighted by molar-refractivity contribution is -0.117. The molecule has 0 radical (unpaired) electrons. The number of aromatic nitrogens is 2. The maximum atomic E-state index is 12.2. The normalized spacial score (nSPS) is 14.2. The number of aromatic hydroxyl groups is 1. The number of anilines is 1. The lowest BCUT2D eigenvalue weighted by atomic mass is 10.1. The van der Waals surface area contributed by atoms with Crippen molar-refractivity contribution in [1.29, 1.82) is 0 Å². The van der Waals surface area contributed by atoms with Crippen LogP contribution >= 0.6 is 11.8 Å². The Kier molecular flexibility index (Phi) is 4.66. The average molecular weight is 345 g/mol. The lowest BCUT2D eigenvalue weighted by Crippen LogP contribution is -2.23. The van der Waals surface area contributed by atoms with Gasteiger partial charge in [0, 0.05) is 24.2 Å². The molecular formula is C16H15N3O4S. The molecule has 2 N–H and O–H groups in total. The van der Waals surface area contributed by atoms with Crippen LogP contribution in [0.5, 0.6) is 5.88 Å². The maximum Gasteiger partial charge on any atom is 0.255 e. The van der Waals surface area contributed by atoms with Gasteiger partial charge in [-0.2, -0.15) is 4.98 Å². The first-order chi connectivity index (χ1) is 11.5. The number of Topliss-reactive ketones (excluding diaryl/α,β-unsaturated/α-hetero) is 1. The molecule has 1 amide bonds. The van der Waals surface area contributed by atoms with Crippen molar-refractivity contribution < 1.29 is 14.7 Å². The average Bonchev–Trinajstić information content (AvgIpc) is 2.98. The molecule has 0 unspecified atom stereocenters. The van der Waals surface area contributed by atoms with Gasteiger partial charge in [-0.3, -0.25) is 14.4 Å². The molecule has 0 atom stereocenters. The SMILES string of the molecule is O=C(CSc1nc(O)cc(=O)[nH]1)c1ccc(N2CCCC2=O)cc1. The predicted octanol–water partition coefficient (Wildman–Crippen LogP) is 1.58. The van der Waals surface area contributed by atoms with Gasteiger partial charge in [-0.15, -0.1) is 0 Å². The number of ketones is 1. The van der Waals surface area contributed by atoms with Crippen LogP contribution in [0.3, 0.4) is 0 Å². The molecule has 3 rings (SSSR count). The topological polar surface area (TPSA) is 103 Å². The molecule has 1 aromatic carbocycles. The number of thioether (sulfide) groups is 1. The summed E-state index contributed by atoms with van der Waals surface area (Å²) in [6.45, 7) is 0.707. The number of hydrogen-bond donors (Lipinski definition) is 2. The van der Waals surface area contributed by atoms with Crippen molar-refractivity contribution >= 4 is 29.1 Å². The Labute approximate surface area is 141 Å². The van der Waals surface area contributed by atoms with E-state index in [0.717, 1.165) is 29.9 Å². The van der Waals surface area contributed by atoms with Gasteiger partial charge in [0.25, 0.3) is 5.56 Å². The van der Waals surface area contributed by atoms with E-state index in [4.69, 9.17) is 0 Å². The van der Waals surface area contributed by atoms with Crippen LogP contribution in [0.25, 0.3) is 0 Å². The van der Waals surface area contributed by atoms with Crippen molar-refractivity contribution in [2.24, 2.45) is 0 Å². The first-order valence-corrected chi connectivity index (χ1v) is 8.38. The fourth-order valence-electron chi connectivity index (χ4n) is 2.46. The fourth-order valence-corrected chi connectivity index (χ4v) is 3.22. The van der Waals surface area contributed by atoms with Crippen LogP contribution in [-0.2, 0) is 4.79 Å². The Morgan fingerprint density at radius 2 is 2.04 bits per heavy atom. The molecular weight excluding hydrogens is 330 g/mol. The van der Waals surface area contributed by atoms with E-state index in [2.05, 4.69) is 9.97 Å². The van der Waals surface area contributed by atoms with Crippen LogP contribution in [0.1, 0.15) is 23.2 Å². The number of hydrogen-bond acceptors (Lipinski definition) is 6. The third-order valence-corrected chi connectivity index (χ3v) is 4.49. The highest BCUT2D eigenvalue weighted by atomic mass is 32.2. The Bertz CT molecular complexity index is 832. The van der Waals surface area contributed by atoms with Gasteiger partial charge in [0.15, 0.2) is 10.9 Å². The van der Waals surface area contributed by atoms with Crippen molar-refractivity contribution in [3.63, 3.8) is 0 Å². The summed E-state index contributed by atoms with van der Waals surface area (Å²) < 4.78 is 0. The largest absolute Gasteiger partial charge is 0.493 e. The number of carbonyl (C=O) groups excluding carboxylic acids is 2. The predicted molar refractivity (Wildman–Crippen MR) is 89.6 cm³/mol. The molecule has 0 saturated carbocycles. The van der Waals surface area contributed by atoms with Gasteiger partial charge in [-0.05, 0) is 30.7 Å². The number of nitrogens with zero attached hydrogens (tertiary/aromatic N) is 2. The smallest absolute Gasteiger partial charge is 0.255 e. The summed E-state index contributed by atoms with van der Waals surface area (Å²) in [5, 5.41) is 9.46. The van der Waals surface area contributed by atoms with E-state index in [1.807, 2.05) is 0 Å². The summed E-state index contributed by atoms with van der Waals surface area (Å²) in [6.07, 6.45) is 1.41. The molecule has 2 aromatic rings. The Morgan fingerprint density at radius 1 is 1.29 bits per heavy atom. The fraction of sp³-hybridized carbons (Fsp3) is 0.250. The second kappa shape index (κ2) is 6.88. The summed E-state index contributed by atoms with van der Waals surface area (Å²) in [7, 11) is 0. The van der Waals surface area contributed by atoms with Crippen molar-refractivity contribution in [1.82, 2.24) is 9.97 Å². The number of carbonyl (C=O) groups is 2. The van der Waals surface area contributed by atoms with Crippen LogP contribution in [0, 0.1) is 0 Å². The number of rotatable bonds is 5. The molecule has 8 heteroatoms. The number of amides is 1. The van der Waals surface area contributed by atoms with Crippen LogP contribution in [0.2, 0.25) is 0 Å². The number of aromatic amines is 1. The lowest BCUT2D eigenvalue weighted by Gasteiger charge is -2.15. The van der Waals surface area contributed by atoms with Crippen molar-refractivity contribution in [2.75, 3.05) is 17.2 Å². The number of H-pyrrole nitrogens is 1. The number of nitrogens with one attached hydrogen (secondary N) is 1. The highest BCUT2D eigenvalue weighted by Crippen LogP contribution is 2.22. The van der Waals surface area contributed by atoms with Gasteiger partial charge in [0.05, 0.1) is 11.8 Å². The van der Waals surface area contributed by atoms with E-state index >= 15 is 0 Å². The molecule has 7 nitrogen and oxygen atoms in total. The van der Waals surface area contributed by atoms with Gasteiger partial charge in [0.2, 0.25) is 11.8 Å². The molecule has 1 saturated heterocycles. The summed E-state index contributed by atoms with van der Waals surface area (Å²) in [5.74, 6) is -0.337. The highest BCUT2D eigenvalue weighted by Gasteiger charge is 2.21. The third kappa shape index (κ3) is 3.65. The Hall–Kier alpha value is -2.61. The molecule has 1 aliphatic rings. The third-order valence-electron chi connectivity index (χ3n) is 3.62. The summed E-state index contributed by atoms with van der Waals surface area (Å²) in [5.41, 5.74) is 0.832. The Morgan fingerprint density at radius 3 is 2.67 bits per heavy atom. The minimum absolute atomic E-state index is 0.0778.